The summed E-state index contributed by atoms with van der Waals surface area (Å²) in [4.78, 5) is 10.4. The highest BCUT2D eigenvalue weighted by atomic mass is 16.5. The minimum Gasteiger partial charge on any atom is -0.489 e. The van der Waals surface area contributed by atoms with Gasteiger partial charge in [-0.3, -0.25) is 4.79 Å². The summed E-state index contributed by atoms with van der Waals surface area (Å²) in [5, 5.41) is 8.57. The van der Waals surface area contributed by atoms with Gasteiger partial charge in [-0.05, 0) is 42.5 Å². The number of carboxylic acid groups (broad SMARTS) is 1. The molecule has 2 aromatic carbocycles. The van der Waals surface area contributed by atoms with Crippen molar-refractivity contribution in [3.05, 3.63) is 71.8 Å². The molecule has 3 heteroatoms. The van der Waals surface area contributed by atoms with Crippen LogP contribution in [0.4, 0.5) is 0 Å². The highest BCUT2D eigenvalue weighted by Gasteiger charge is 1.97. The minimum absolute atomic E-state index is 0.286. The largest absolute Gasteiger partial charge is 0.489 e. The van der Waals surface area contributed by atoms with Crippen LogP contribution in [0.2, 0.25) is 0 Å². The Labute approximate surface area is 150 Å². The van der Waals surface area contributed by atoms with Crippen LogP contribution in [0.15, 0.2) is 60.7 Å². The summed E-state index contributed by atoms with van der Waals surface area (Å²) in [7, 11) is 0. The third-order valence-electron chi connectivity index (χ3n) is 3.95. The molecule has 0 atom stereocenters. The van der Waals surface area contributed by atoms with E-state index in [2.05, 4.69) is 36.4 Å². The van der Waals surface area contributed by atoms with E-state index in [-0.39, 0.29) is 6.42 Å². The van der Waals surface area contributed by atoms with Crippen molar-refractivity contribution >= 4 is 12.0 Å². The van der Waals surface area contributed by atoms with Gasteiger partial charge in [-0.2, -0.15) is 0 Å². The number of aliphatic carboxylic acids is 1. The smallest absolute Gasteiger partial charge is 0.303 e. The van der Waals surface area contributed by atoms with Crippen molar-refractivity contribution in [1.29, 1.82) is 0 Å². The van der Waals surface area contributed by atoms with Gasteiger partial charge in [-0.15, -0.1) is 0 Å². The number of ether oxygens (including phenoxy) is 1. The molecular weight excluding hydrogens is 312 g/mol. The van der Waals surface area contributed by atoms with Crippen LogP contribution in [0.1, 0.15) is 49.7 Å². The fraction of sp³-hybridized carbons (Fsp3) is 0.318. The van der Waals surface area contributed by atoms with Crippen LogP contribution in [0.5, 0.6) is 5.75 Å². The number of rotatable bonds is 11. The standard InChI is InChI=1S/C22H26O3/c23-22(24)13-9-4-2-1-3-6-10-19-14-16-21(17-15-19)25-18-20-11-7-5-8-12-20/h5-8,10-12,14-17H,1-4,9,13,18H2,(H,23,24). The average molecular weight is 338 g/mol. The molecule has 0 spiro atoms. The zero-order valence-corrected chi connectivity index (χ0v) is 14.6. The Balaban J connectivity index is 1.63. The summed E-state index contributed by atoms with van der Waals surface area (Å²) in [5.41, 5.74) is 2.33. The lowest BCUT2D eigenvalue weighted by Gasteiger charge is -2.06. The van der Waals surface area contributed by atoms with Crippen LogP contribution in [0.3, 0.4) is 0 Å². The fourth-order valence-corrected chi connectivity index (χ4v) is 2.53. The molecule has 3 nitrogen and oxygen atoms in total. The lowest BCUT2D eigenvalue weighted by Crippen LogP contribution is -1.94. The zero-order valence-electron chi connectivity index (χ0n) is 14.6. The summed E-state index contributed by atoms with van der Waals surface area (Å²) < 4.78 is 5.78. The zero-order chi connectivity index (χ0) is 17.7. The third kappa shape index (κ3) is 8.20. The van der Waals surface area contributed by atoms with Gasteiger partial charge < -0.3 is 9.84 Å². The first-order valence-electron chi connectivity index (χ1n) is 8.89. The first-order chi connectivity index (χ1) is 12.2. The van der Waals surface area contributed by atoms with E-state index in [1.807, 2.05) is 30.3 Å². The molecule has 0 radical (unpaired) electrons. The van der Waals surface area contributed by atoms with Crippen LogP contribution < -0.4 is 4.74 Å². The van der Waals surface area contributed by atoms with Crippen molar-refractivity contribution in [2.45, 2.75) is 45.1 Å². The molecule has 0 saturated carbocycles. The van der Waals surface area contributed by atoms with Crippen molar-refractivity contribution in [2.24, 2.45) is 0 Å². The number of hydrogen-bond acceptors (Lipinski definition) is 2. The van der Waals surface area contributed by atoms with Crippen LogP contribution in [-0.4, -0.2) is 11.1 Å². The maximum Gasteiger partial charge on any atom is 0.303 e. The van der Waals surface area contributed by atoms with Crippen molar-refractivity contribution in [1.82, 2.24) is 0 Å². The van der Waals surface area contributed by atoms with Crippen LogP contribution >= 0.6 is 0 Å². The van der Waals surface area contributed by atoms with Gasteiger partial charge in [0, 0.05) is 6.42 Å². The Kier molecular flexibility index (Phi) is 8.33. The van der Waals surface area contributed by atoms with E-state index in [1.54, 1.807) is 0 Å². The Bertz CT molecular complexity index is 645. The molecule has 25 heavy (non-hydrogen) atoms. The monoisotopic (exact) mass is 338 g/mol. The number of hydrogen-bond donors (Lipinski definition) is 1. The second-order valence-electron chi connectivity index (χ2n) is 6.09. The molecule has 1 N–H and O–H groups in total. The number of allylic oxidation sites excluding steroid dienone is 1. The number of carboxylic acids is 1. The molecule has 0 amide bonds. The average Bonchev–Trinajstić information content (AvgIpc) is 2.64. The van der Waals surface area contributed by atoms with Crippen molar-refractivity contribution in [2.75, 3.05) is 0 Å². The second-order valence-corrected chi connectivity index (χ2v) is 6.09. The van der Waals surface area contributed by atoms with Gasteiger partial charge in [0.05, 0.1) is 0 Å². The first kappa shape index (κ1) is 18.8. The van der Waals surface area contributed by atoms with Gasteiger partial charge in [-0.1, -0.05) is 67.5 Å². The molecule has 0 aromatic heterocycles. The van der Waals surface area contributed by atoms with Crippen molar-refractivity contribution in [3.63, 3.8) is 0 Å². The molecule has 0 bridgehead atoms. The van der Waals surface area contributed by atoms with Gasteiger partial charge in [0.2, 0.25) is 0 Å². The Morgan fingerprint density at radius 1 is 0.920 bits per heavy atom. The SMILES string of the molecule is O=C(O)CCCCCCC=Cc1ccc(OCc2ccccc2)cc1. The van der Waals surface area contributed by atoms with Crippen molar-refractivity contribution < 1.29 is 14.6 Å². The highest BCUT2D eigenvalue weighted by Crippen LogP contribution is 2.15. The molecule has 0 saturated heterocycles. The molecule has 0 aliphatic rings. The van der Waals surface area contributed by atoms with Crippen LogP contribution in [0, 0.1) is 0 Å². The molecule has 2 rings (SSSR count). The Morgan fingerprint density at radius 3 is 2.36 bits per heavy atom. The molecule has 0 fully saturated rings. The second kappa shape index (κ2) is 11.1. The molecule has 0 aliphatic carbocycles. The van der Waals surface area contributed by atoms with Gasteiger partial charge in [0.15, 0.2) is 0 Å². The van der Waals surface area contributed by atoms with Crippen molar-refractivity contribution in [3.8, 4) is 5.75 Å². The van der Waals surface area contributed by atoms with E-state index >= 15 is 0 Å². The maximum atomic E-state index is 10.4. The first-order valence-corrected chi connectivity index (χ1v) is 8.89. The third-order valence-corrected chi connectivity index (χ3v) is 3.95. The highest BCUT2D eigenvalue weighted by molar-refractivity contribution is 5.66. The number of carbonyl (C=O) groups is 1. The number of unbranched alkanes of at least 4 members (excludes halogenated alkanes) is 4. The van der Waals surface area contributed by atoms with E-state index in [0.29, 0.717) is 6.61 Å². The summed E-state index contributed by atoms with van der Waals surface area (Å²) in [6.07, 6.45) is 9.58. The van der Waals surface area contributed by atoms with Gasteiger partial charge in [-0.25, -0.2) is 0 Å². The topological polar surface area (TPSA) is 46.5 Å². The predicted molar refractivity (Wildman–Crippen MR) is 102 cm³/mol. The molecule has 2 aromatic rings. The lowest BCUT2D eigenvalue weighted by atomic mass is 10.1. The van der Waals surface area contributed by atoms with E-state index in [1.165, 1.54) is 0 Å². The van der Waals surface area contributed by atoms with Gasteiger partial charge in [0.1, 0.15) is 12.4 Å². The summed E-state index contributed by atoms with van der Waals surface area (Å²) in [5.74, 6) is 0.176. The quantitative estimate of drug-likeness (QED) is 0.534. The van der Waals surface area contributed by atoms with E-state index < -0.39 is 5.97 Å². The fourth-order valence-electron chi connectivity index (χ4n) is 2.53. The Morgan fingerprint density at radius 2 is 1.64 bits per heavy atom. The molecule has 0 aliphatic heterocycles. The maximum absolute atomic E-state index is 10.4. The normalized spacial score (nSPS) is 10.9. The molecule has 132 valence electrons. The predicted octanol–water partition coefficient (Wildman–Crippen LogP) is 5.70. The summed E-state index contributed by atoms with van der Waals surface area (Å²) >= 11 is 0. The number of benzene rings is 2. The van der Waals surface area contributed by atoms with Gasteiger partial charge >= 0.3 is 5.97 Å². The lowest BCUT2D eigenvalue weighted by molar-refractivity contribution is -0.137. The van der Waals surface area contributed by atoms with Crippen LogP contribution in [0.25, 0.3) is 6.08 Å². The molecule has 0 unspecified atom stereocenters. The summed E-state index contributed by atoms with van der Waals surface area (Å²) in [6, 6.07) is 18.2. The van der Waals surface area contributed by atoms with Gasteiger partial charge in [0.25, 0.3) is 0 Å². The minimum atomic E-state index is -0.698. The van der Waals surface area contributed by atoms with E-state index in [0.717, 1.165) is 49.0 Å². The Hall–Kier alpha value is -2.55. The summed E-state index contributed by atoms with van der Waals surface area (Å²) in [6.45, 7) is 0.581. The van der Waals surface area contributed by atoms with E-state index in [9.17, 15) is 4.79 Å². The molecule has 0 heterocycles. The van der Waals surface area contributed by atoms with E-state index in [4.69, 9.17) is 9.84 Å². The van der Waals surface area contributed by atoms with Crippen LogP contribution in [-0.2, 0) is 11.4 Å². The molecular formula is C22H26O3.